The Kier molecular flexibility index (Phi) is 4.79. The maximum absolute atomic E-state index is 12.7. The van der Waals surface area contributed by atoms with Crippen molar-refractivity contribution in [3.8, 4) is 0 Å². The van der Waals surface area contributed by atoms with Gasteiger partial charge in [0.15, 0.2) is 0 Å². The zero-order chi connectivity index (χ0) is 15.5. The van der Waals surface area contributed by atoms with E-state index in [1.54, 1.807) is 0 Å². The average molecular weight is 296 g/mol. The summed E-state index contributed by atoms with van der Waals surface area (Å²) in [4.78, 5) is 12.7. The van der Waals surface area contributed by atoms with Crippen molar-refractivity contribution in [1.29, 1.82) is 0 Å². The first-order chi connectivity index (χ1) is 9.98. The van der Waals surface area contributed by atoms with E-state index < -0.39 is 8.07 Å². The maximum atomic E-state index is 12.7. The van der Waals surface area contributed by atoms with Crippen molar-refractivity contribution in [1.82, 2.24) is 0 Å². The molecule has 0 aliphatic heterocycles. The lowest BCUT2D eigenvalue weighted by molar-refractivity contribution is -0.121. The number of hydrogen-bond donors (Lipinski definition) is 0. The Labute approximate surface area is 129 Å². The molecule has 0 spiro atoms. The number of ketones is 1. The molecule has 2 rings (SSSR count). The van der Waals surface area contributed by atoms with Crippen molar-refractivity contribution in [2.45, 2.75) is 32.9 Å². The Morgan fingerprint density at radius 1 is 0.810 bits per heavy atom. The Bertz CT molecular complexity index is 550. The van der Waals surface area contributed by atoms with Gasteiger partial charge >= 0.3 is 0 Å². The summed E-state index contributed by atoms with van der Waals surface area (Å²) in [6.07, 6.45) is 0. The highest BCUT2D eigenvalue weighted by Gasteiger charge is 2.41. The molecule has 2 heteroatoms. The first-order valence-corrected chi connectivity index (χ1v) is 10.2. The van der Waals surface area contributed by atoms with Crippen LogP contribution in [0.2, 0.25) is 12.1 Å². The Morgan fingerprint density at radius 2 is 1.19 bits per heavy atom. The van der Waals surface area contributed by atoms with Crippen LogP contribution in [0.1, 0.15) is 20.8 Å². The Hall–Kier alpha value is -1.67. The van der Waals surface area contributed by atoms with Crippen LogP contribution in [-0.4, -0.2) is 13.9 Å². The number of carbonyl (C=O) groups is 1. The smallest absolute Gasteiger partial charge is 0.136 e. The predicted octanol–water partition coefficient (Wildman–Crippen LogP) is 3.49. The molecule has 1 atom stereocenters. The van der Waals surface area contributed by atoms with Crippen molar-refractivity contribution in [3.05, 3.63) is 60.7 Å². The number of benzene rings is 2. The predicted molar refractivity (Wildman–Crippen MR) is 93.0 cm³/mol. The SMILES string of the molecule is CC(C)C(=O)C(C)[Si](C)(c1ccccc1)c1ccccc1. The summed E-state index contributed by atoms with van der Waals surface area (Å²) in [6.45, 7) is 8.45. The zero-order valence-corrected chi connectivity index (χ0v) is 14.3. The standard InChI is InChI=1S/C19H24OSi/c1-15(2)19(20)16(3)21(4,17-11-7-5-8-12-17)18-13-9-6-10-14-18/h5-16H,1-4H3. The molecule has 0 saturated carbocycles. The van der Waals surface area contributed by atoms with Crippen molar-refractivity contribution >= 4 is 24.2 Å². The number of hydrogen-bond acceptors (Lipinski definition) is 1. The van der Waals surface area contributed by atoms with Crippen molar-refractivity contribution < 1.29 is 4.79 Å². The van der Waals surface area contributed by atoms with E-state index in [9.17, 15) is 4.79 Å². The van der Waals surface area contributed by atoms with E-state index in [-0.39, 0.29) is 11.5 Å². The van der Waals surface area contributed by atoms with Crippen molar-refractivity contribution in [3.63, 3.8) is 0 Å². The second kappa shape index (κ2) is 6.40. The van der Waals surface area contributed by atoms with Crippen LogP contribution < -0.4 is 10.4 Å². The molecule has 0 heterocycles. The summed E-state index contributed by atoms with van der Waals surface area (Å²) in [5.41, 5.74) is 0.0716. The normalized spacial score (nSPS) is 13.2. The zero-order valence-electron chi connectivity index (χ0n) is 13.3. The highest BCUT2D eigenvalue weighted by atomic mass is 28.3. The monoisotopic (exact) mass is 296 g/mol. The minimum atomic E-state index is -2.08. The maximum Gasteiger partial charge on any atom is 0.136 e. The van der Waals surface area contributed by atoms with Gasteiger partial charge in [0, 0.05) is 11.5 Å². The van der Waals surface area contributed by atoms with Crippen LogP contribution in [0, 0.1) is 5.92 Å². The minimum Gasteiger partial charge on any atom is -0.299 e. The first kappa shape index (κ1) is 15.7. The van der Waals surface area contributed by atoms with E-state index in [0.717, 1.165) is 0 Å². The molecule has 1 unspecified atom stereocenters. The molecule has 0 radical (unpaired) electrons. The highest BCUT2D eigenvalue weighted by molar-refractivity contribution is 7.04. The van der Waals surface area contributed by atoms with Gasteiger partial charge in [-0.05, 0) is 0 Å². The summed E-state index contributed by atoms with van der Waals surface area (Å²) in [5.74, 6) is 0.455. The number of carbonyl (C=O) groups excluding carboxylic acids is 1. The van der Waals surface area contributed by atoms with Gasteiger partial charge in [0.1, 0.15) is 13.9 Å². The molecule has 0 bridgehead atoms. The molecule has 21 heavy (non-hydrogen) atoms. The molecule has 2 aromatic carbocycles. The molecular weight excluding hydrogens is 272 g/mol. The van der Waals surface area contributed by atoms with E-state index in [2.05, 4.69) is 62.0 Å². The van der Waals surface area contributed by atoms with Crippen LogP contribution in [0.5, 0.6) is 0 Å². The van der Waals surface area contributed by atoms with Gasteiger partial charge in [-0.15, -0.1) is 0 Å². The number of Topliss-reactive ketones (excluding diaryl/α,β-unsaturated/α-hetero) is 1. The van der Waals surface area contributed by atoms with Crippen LogP contribution in [-0.2, 0) is 4.79 Å². The molecule has 1 nitrogen and oxygen atoms in total. The van der Waals surface area contributed by atoms with E-state index in [4.69, 9.17) is 0 Å². The molecule has 2 aromatic rings. The average Bonchev–Trinajstić information content (AvgIpc) is 2.54. The van der Waals surface area contributed by atoms with Gasteiger partial charge in [-0.3, -0.25) is 4.79 Å². The summed E-state index contributed by atoms with van der Waals surface area (Å²) >= 11 is 0. The van der Waals surface area contributed by atoms with Crippen molar-refractivity contribution in [2.24, 2.45) is 5.92 Å². The van der Waals surface area contributed by atoms with Gasteiger partial charge in [-0.2, -0.15) is 0 Å². The molecule has 0 aliphatic rings. The van der Waals surface area contributed by atoms with Gasteiger partial charge in [-0.1, -0.05) is 98.4 Å². The van der Waals surface area contributed by atoms with E-state index in [0.29, 0.717) is 5.78 Å². The third kappa shape index (κ3) is 3.00. The van der Waals surface area contributed by atoms with Crippen LogP contribution in [0.3, 0.4) is 0 Å². The second-order valence-electron chi connectivity index (χ2n) is 6.21. The molecule has 0 aliphatic carbocycles. The minimum absolute atomic E-state index is 0.0716. The van der Waals surface area contributed by atoms with E-state index >= 15 is 0 Å². The topological polar surface area (TPSA) is 17.1 Å². The quantitative estimate of drug-likeness (QED) is 0.772. The second-order valence-corrected chi connectivity index (χ2v) is 10.6. The molecule has 0 aromatic heterocycles. The van der Waals surface area contributed by atoms with Gasteiger partial charge in [0.25, 0.3) is 0 Å². The van der Waals surface area contributed by atoms with Crippen LogP contribution in [0.25, 0.3) is 0 Å². The lowest BCUT2D eigenvalue weighted by atomic mass is 10.1. The van der Waals surface area contributed by atoms with E-state index in [1.165, 1.54) is 10.4 Å². The molecular formula is C19H24OSi. The van der Waals surface area contributed by atoms with Gasteiger partial charge < -0.3 is 0 Å². The Balaban J connectivity index is 2.58. The van der Waals surface area contributed by atoms with Crippen LogP contribution in [0.4, 0.5) is 0 Å². The number of rotatable bonds is 5. The third-order valence-corrected chi connectivity index (χ3v) is 9.69. The first-order valence-electron chi connectivity index (χ1n) is 7.62. The summed E-state index contributed by atoms with van der Waals surface area (Å²) in [7, 11) is -2.08. The molecule has 0 fully saturated rings. The molecule has 110 valence electrons. The third-order valence-electron chi connectivity index (χ3n) is 4.61. The lowest BCUT2D eigenvalue weighted by Crippen LogP contribution is -2.60. The van der Waals surface area contributed by atoms with Crippen LogP contribution >= 0.6 is 0 Å². The molecule has 0 N–H and O–H groups in total. The fraction of sp³-hybridized carbons (Fsp3) is 0.316. The van der Waals surface area contributed by atoms with Crippen molar-refractivity contribution in [2.75, 3.05) is 0 Å². The lowest BCUT2D eigenvalue weighted by Gasteiger charge is -2.35. The summed E-state index contributed by atoms with van der Waals surface area (Å²) < 4.78 is 0. The van der Waals surface area contributed by atoms with Crippen LogP contribution in [0.15, 0.2) is 60.7 Å². The molecule has 0 amide bonds. The Morgan fingerprint density at radius 3 is 1.52 bits per heavy atom. The summed E-state index contributed by atoms with van der Waals surface area (Å²) in [6, 6.07) is 21.1. The van der Waals surface area contributed by atoms with Gasteiger partial charge in [0.2, 0.25) is 0 Å². The van der Waals surface area contributed by atoms with E-state index in [1.807, 2.05) is 26.0 Å². The van der Waals surface area contributed by atoms with Gasteiger partial charge in [-0.25, -0.2) is 0 Å². The highest BCUT2D eigenvalue weighted by Crippen LogP contribution is 2.25. The summed E-state index contributed by atoms with van der Waals surface area (Å²) in [5, 5.41) is 2.66. The fourth-order valence-electron chi connectivity index (χ4n) is 3.02. The van der Waals surface area contributed by atoms with Gasteiger partial charge in [0.05, 0.1) is 0 Å². The fourth-order valence-corrected chi connectivity index (χ4v) is 7.03. The molecule has 0 saturated heterocycles. The largest absolute Gasteiger partial charge is 0.299 e.